The normalized spacial score (nSPS) is 18.2. The van der Waals surface area contributed by atoms with Gasteiger partial charge in [0.1, 0.15) is 5.01 Å². The van der Waals surface area contributed by atoms with Gasteiger partial charge in [-0.05, 0) is 37.9 Å². The smallest absolute Gasteiger partial charge is 0.275 e. The highest BCUT2D eigenvalue weighted by molar-refractivity contribution is 7.16. The molecule has 0 aromatic carbocycles. The molecule has 1 fully saturated rings. The van der Waals surface area contributed by atoms with Crippen LogP contribution in [0, 0.1) is 0 Å². The highest BCUT2D eigenvalue weighted by Gasteiger charge is 2.21. The van der Waals surface area contributed by atoms with E-state index in [-0.39, 0.29) is 11.7 Å². The lowest BCUT2D eigenvalue weighted by Gasteiger charge is -2.32. The Labute approximate surface area is 161 Å². The molecule has 1 aliphatic heterocycles. The molecule has 3 aromatic heterocycles. The molecule has 1 aliphatic rings. The van der Waals surface area contributed by atoms with Crippen molar-refractivity contribution >= 4 is 16.3 Å². The number of nitrogens with zero attached hydrogens (tertiary/aromatic N) is 5. The van der Waals surface area contributed by atoms with Gasteiger partial charge in [-0.3, -0.25) is 14.7 Å². The second-order valence-electron chi connectivity index (χ2n) is 6.76. The molecule has 4 rings (SSSR count). The number of pyridine rings is 1. The molecule has 0 spiro atoms. The Hall–Kier alpha value is -2.16. The van der Waals surface area contributed by atoms with Crippen molar-refractivity contribution in [3.63, 3.8) is 0 Å². The maximum absolute atomic E-state index is 12.3. The van der Waals surface area contributed by atoms with Crippen LogP contribution in [0.3, 0.4) is 0 Å². The Morgan fingerprint density at radius 2 is 2.26 bits per heavy atom. The van der Waals surface area contributed by atoms with Crippen LogP contribution in [0.2, 0.25) is 0 Å². The van der Waals surface area contributed by atoms with E-state index in [4.69, 9.17) is 4.74 Å². The van der Waals surface area contributed by atoms with Crippen molar-refractivity contribution in [3.8, 4) is 0 Å². The number of hydrogen-bond acceptors (Lipinski definition) is 7. The van der Waals surface area contributed by atoms with Crippen molar-refractivity contribution in [2.45, 2.75) is 45.4 Å². The summed E-state index contributed by atoms with van der Waals surface area (Å²) in [6.45, 7) is 5.06. The number of hydrogen-bond donors (Lipinski definition) is 0. The maximum atomic E-state index is 12.3. The first kappa shape index (κ1) is 18.2. The minimum atomic E-state index is -0.106. The van der Waals surface area contributed by atoms with Crippen LogP contribution in [0.25, 0.3) is 4.96 Å². The Balaban J connectivity index is 1.40. The van der Waals surface area contributed by atoms with Crippen LogP contribution in [0.1, 0.15) is 36.2 Å². The van der Waals surface area contributed by atoms with Crippen molar-refractivity contribution in [3.05, 3.63) is 57.2 Å². The van der Waals surface area contributed by atoms with Crippen molar-refractivity contribution in [2.24, 2.45) is 0 Å². The highest BCUT2D eigenvalue weighted by atomic mass is 32.1. The topological polar surface area (TPSA) is 72.6 Å². The molecule has 0 saturated carbocycles. The number of piperidine rings is 1. The van der Waals surface area contributed by atoms with E-state index in [0.29, 0.717) is 18.1 Å². The van der Waals surface area contributed by atoms with Crippen LogP contribution in [-0.2, 0) is 24.3 Å². The Morgan fingerprint density at radius 1 is 1.33 bits per heavy atom. The van der Waals surface area contributed by atoms with Crippen LogP contribution in [0.5, 0.6) is 0 Å². The summed E-state index contributed by atoms with van der Waals surface area (Å²) in [5.74, 6) is 0. The van der Waals surface area contributed by atoms with Gasteiger partial charge in [0, 0.05) is 25.4 Å². The largest absolute Gasteiger partial charge is 0.371 e. The molecule has 0 bridgehead atoms. The van der Waals surface area contributed by atoms with Gasteiger partial charge in [-0.2, -0.15) is 9.61 Å². The minimum absolute atomic E-state index is 0.106. The zero-order valence-corrected chi connectivity index (χ0v) is 16.2. The van der Waals surface area contributed by atoms with E-state index < -0.39 is 0 Å². The first-order valence-corrected chi connectivity index (χ1v) is 10.2. The summed E-state index contributed by atoms with van der Waals surface area (Å²) < 4.78 is 7.46. The van der Waals surface area contributed by atoms with Crippen LogP contribution < -0.4 is 5.56 Å². The van der Waals surface area contributed by atoms with Gasteiger partial charge in [0.2, 0.25) is 4.96 Å². The van der Waals surface area contributed by atoms with Crippen molar-refractivity contribution < 1.29 is 4.74 Å². The first-order chi connectivity index (χ1) is 13.2. The van der Waals surface area contributed by atoms with E-state index in [0.717, 1.165) is 48.7 Å². The molecule has 1 atom stereocenters. The van der Waals surface area contributed by atoms with E-state index in [2.05, 4.69) is 20.0 Å². The van der Waals surface area contributed by atoms with E-state index in [1.807, 2.05) is 25.1 Å². The predicted molar refractivity (Wildman–Crippen MR) is 104 cm³/mol. The van der Waals surface area contributed by atoms with Gasteiger partial charge in [0.15, 0.2) is 0 Å². The second-order valence-corrected chi connectivity index (χ2v) is 7.80. The summed E-state index contributed by atoms with van der Waals surface area (Å²) >= 11 is 1.48. The van der Waals surface area contributed by atoms with Gasteiger partial charge < -0.3 is 4.74 Å². The summed E-state index contributed by atoms with van der Waals surface area (Å²) in [6.07, 6.45) is 4.91. The number of ether oxygens (including phenoxy) is 1. The molecule has 27 heavy (non-hydrogen) atoms. The van der Waals surface area contributed by atoms with Gasteiger partial charge in [-0.25, -0.2) is 4.98 Å². The number of aryl methyl sites for hydroxylation is 1. The second kappa shape index (κ2) is 8.24. The van der Waals surface area contributed by atoms with Crippen molar-refractivity contribution in [1.82, 2.24) is 24.5 Å². The van der Waals surface area contributed by atoms with Gasteiger partial charge in [0.05, 0.1) is 24.1 Å². The van der Waals surface area contributed by atoms with E-state index in [1.54, 1.807) is 12.3 Å². The van der Waals surface area contributed by atoms with E-state index in [9.17, 15) is 4.79 Å². The first-order valence-electron chi connectivity index (χ1n) is 9.34. The molecule has 3 aromatic rings. The summed E-state index contributed by atoms with van der Waals surface area (Å²) in [7, 11) is 0. The zero-order valence-electron chi connectivity index (χ0n) is 15.4. The molecular formula is C19H23N5O2S. The molecule has 142 valence electrons. The van der Waals surface area contributed by atoms with E-state index in [1.165, 1.54) is 15.9 Å². The third kappa shape index (κ3) is 4.40. The number of fused-ring (bicyclic) bond motifs is 1. The summed E-state index contributed by atoms with van der Waals surface area (Å²) in [5, 5.41) is 5.23. The van der Waals surface area contributed by atoms with Crippen molar-refractivity contribution in [2.75, 3.05) is 13.1 Å². The average Bonchev–Trinajstić information content (AvgIpc) is 3.11. The standard InChI is InChI=1S/C19H23N5O2S/c1-2-17-22-24-18(25)10-15(21-19(24)27-17)11-23-9-5-7-16(12-23)26-13-14-6-3-4-8-20-14/h3-4,6,8,10,16H,2,5,7,9,11-13H2,1H3. The monoisotopic (exact) mass is 385 g/mol. The lowest BCUT2D eigenvalue weighted by atomic mass is 10.1. The zero-order chi connectivity index (χ0) is 18.6. The van der Waals surface area contributed by atoms with Crippen LogP contribution in [0.15, 0.2) is 35.3 Å². The van der Waals surface area contributed by atoms with Gasteiger partial charge >= 0.3 is 0 Å². The molecular weight excluding hydrogens is 362 g/mol. The average molecular weight is 385 g/mol. The number of aromatic nitrogens is 4. The van der Waals surface area contributed by atoms with Crippen LogP contribution in [0.4, 0.5) is 0 Å². The molecule has 0 aliphatic carbocycles. The van der Waals surface area contributed by atoms with E-state index >= 15 is 0 Å². The predicted octanol–water partition coefficient (Wildman–Crippen LogP) is 2.29. The lowest BCUT2D eigenvalue weighted by Crippen LogP contribution is -2.39. The SMILES string of the molecule is CCc1nn2c(=O)cc(CN3CCCC(OCc4ccccn4)C3)nc2s1. The fourth-order valence-electron chi connectivity index (χ4n) is 3.33. The van der Waals surface area contributed by atoms with Gasteiger partial charge in [-0.1, -0.05) is 24.3 Å². The Kier molecular flexibility index (Phi) is 5.56. The van der Waals surface area contributed by atoms with Gasteiger partial charge in [0.25, 0.3) is 5.56 Å². The third-order valence-corrected chi connectivity index (χ3v) is 5.74. The highest BCUT2D eigenvalue weighted by Crippen LogP contribution is 2.17. The lowest BCUT2D eigenvalue weighted by molar-refractivity contribution is -0.0135. The number of likely N-dealkylation sites (tertiary alicyclic amines) is 1. The molecule has 4 heterocycles. The Bertz CT molecular complexity index is 956. The van der Waals surface area contributed by atoms with Crippen LogP contribution >= 0.6 is 11.3 Å². The van der Waals surface area contributed by atoms with Crippen LogP contribution in [-0.4, -0.2) is 43.7 Å². The van der Waals surface area contributed by atoms with Gasteiger partial charge in [-0.15, -0.1) is 0 Å². The summed E-state index contributed by atoms with van der Waals surface area (Å²) in [5.41, 5.74) is 1.65. The molecule has 1 saturated heterocycles. The Morgan fingerprint density at radius 3 is 3.07 bits per heavy atom. The minimum Gasteiger partial charge on any atom is -0.371 e. The maximum Gasteiger partial charge on any atom is 0.275 e. The molecule has 0 N–H and O–H groups in total. The third-order valence-electron chi connectivity index (χ3n) is 4.68. The van der Waals surface area contributed by atoms with Crippen molar-refractivity contribution in [1.29, 1.82) is 0 Å². The molecule has 7 nitrogen and oxygen atoms in total. The molecule has 0 radical (unpaired) electrons. The fraction of sp³-hybridized carbons (Fsp3) is 0.474. The fourth-order valence-corrected chi connectivity index (χ4v) is 4.19. The quantitative estimate of drug-likeness (QED) is 0.648. The molecule has 8 heteroatoms. The number of rotatable bonds is 6. The molecule has 0 amide bonds. The summed E-state index contributed by atoms with van der Waals surface area (Å²) in [4.78, 5) is 24.2. The summed E-state index contributed by atoms with van der Waals surface area (Å²) in [6, 6.07) is 7.46. The molecule has 1 unspecified atom stereocenters.